The van der Waals surface area contributed by atoms with Crippen LogP contribution in [0.1, 0.15) is 18.6 Å². The fourth-order valence-electron chi connectivity index (χ4n) is 1.67. The molecule has 0 saturated heterocycles. The number of aromatic nitrogens is 2. The van der Waals surface area contributed by atoms with E-state index in [0.717, 1.165) is 12.2 Å². The Morgan fingerprint density at radius 3 is 2.89 bits per heavy atom. The number of hydrogen-bond acceptors (Lipinski definition) is 5. The van der Waals surface area contributed by atoms with Gasteiger partial charge in [0.1, 0.15) is 0 Å². The Hall–Kier alpha value is -1.59. The molecule has 0 spiro atoms. The van der Waals surface area contributed by atoms with Gasteiger partial charge in [-0.15, -0.1) is 0 Å². The number of rotatable bonds is 5. The average Bonchev–Trinajstić information content (AvgIpc) is 2.83. The van der Waals surface area contributed by atoms with Crippen molar-refractivity contribution in [2.45, 2.75) is 20.0 Å². The fraction of sp³-hybridized carbons (Fsp3) is 0.333. The lowest BCUT2D eigenvalue weighted by Gasteiger charge is -2.21. The molecule has 0 fully saturated rings. The summed E-state index contributed by atoms with van der Waals surface area (Å²) in [6.07, 6.45) is 0. The molecule has 6 heteroatoms. The second-order valence-electron chi connectivity index (χ2n) is 3.80. The summed E-state index contributed by atoms with van der Waals surface area (Å²) in [5.74, 6) is 1.07. The molecule has 0 saturated carbocycles. The van der Waals surface area contributed by atoms with Gasteiger partial charge in [-0.25, -0.2) is 0 Å². The monoisotopic (exact) mass is 266 g/mol. The van der Waals surface area contributed by atoms with Crippen molar-refractivity contribution in [2.75, 3.05) is 11.4 Å². The van der Waals surface area contributed by atoms with Gasteiger partial charge >= 0.3 is 0 Å². The number of nitrogens with two attached hydrogens (primary N) is 1. The van der Waals surface area contributed by atoms with Crippen molar-refractivity contribution in [3.63, 3.8) is 0 Å². The molecule has 0 radical (unpaired) electrons. The van der Waals surface area contributed by atoms with Gasteiger partial charge in [0.25, 0.3) is 0 Å². The van der Waals surface area contributed by atoms with Gasteiger partial charge in [-0.1, -0.05) is 22.8 Å². The largest absolute Gasteiger partial charge is 0.364 e. The van der Waals surface area contributed by atoms with E-state index in [9.17, 15) is 0 Å². The zero-order valence-electron chi connectivity index (χ0n) is 10.1. The van der Waals surface area contributed by atoms with Crippen LogP contribution in [-0.4, -0.2) is 16.7 Å². The zero-order chi connectivity index (χ0) is 13.0. The Morgan fingerprint density at radius 1 is 1.44 bits per heavy atom. The first-order valence-corrected chi connectivity index (χ1v) is 6.12. The molecule has 1 aromatic heterocycles. The highest BCUT2D eigenvalue weighted by molar-refractivity contribution is 6.30. The highest BCUT2D eigenvalue weighted by Gasteiger charge is 2.10. The van der Waals surface area contributed by atoms with Gasteiger partial charge in [-0.3, -0.25) is 0 Å². The molecule has 0 bridgehead atoms. The lowest BCUT2D eigenvalue weighted by atomic mass is 10.3. The molecule has 0 atom stereocenters. The molecule has 0 unspecified atom stereocenters. The Kier molecular flexibility index (Phi) is 4.17. The van der Waals surface area contributed by atoms with E-state index in [1.807, 2.05) is 24.3 Å². The van der Waals surface area contributed by atoms with Crippen LogP contribution in [-0.2, 0) is 13.1 Å². The van der Waals surface area contributed by atoms with Gasteiger partial charge in [0.2, 0.25) is 5.89 Å². The average molecular weight is 267 g/mol. The van der Waals surface area contributed by atoms with E-state index in [1.165, 1.54) is 0 Å². The zero-order valence-corrected chi connectivity index (χ0v) is 10.9. The normalized spacial score (nSPS) is 10.6. The molecule has 5 nitrogen and oxygen atoms in total. The van der Waals surface area contributed by atoms with E-state index in [0.29, 0.717) is 23.3 Å². The van der Waals surface area contributed by atoms with Crippen molar-refractivity contribution in [3.05, 3.63) is 41.0 Å². The fourth-order valence-corrected chi connectivity index (χ4v) is 1.85. The third-order valence-corrected chi connectivity index (χ3v) is 2.81. The Labute approximate surface area is 111 Å². The summed E-state index contributed by atoms with van der Waals surface area (Å²) in [5.41, 5.74) is 6.46. The van der Waals surface area contributed by atoms with Crippen LogP contribution in [0.2, 0.25) is 5.02 Å². The quantitative estimate of drug-likeness (QED) is 0.899. The van der Waals surface area contributed by atoms with Crippen molar-refractivity contribution in [3.8, 4) is 0 Å². The maximum Gasteiger partial charge on any atom is 0.240 e. The molecular formula is C12H15ClN4O. The number of hydrogen-bond donors (Lipinski definition) is 1. The van der Waals surface area contributed by atoms with Crippen LogP contribution >= 0.6 is 11.6 Å². The first-order valence-electron chi connectivity index (χ1n) is 5.75. The molecule has 0 aliphatic heterocycles. The third kappa shape index (κ3) is 3.00. The van der Waals surface area contributed by atoms with Crippen LogP contribution in [0.25, 0.3) is 0 Å². The number of halogens is 1. The summed E-state index contributed by atoms with van der Waals surface area (Å²) in [4.78, 5) is 6.30. The predicted molar refractivity (Wildman–Crippen MR) is 70.4 cm³/mol. The van der Waals surface area contributed by atoms with Gasteiger partial charge in [0, 0.05) is 17.3 Å². The lowest BCUT2D eigenvalue weighted by molar-refractivity contribution is 0.374. The second kappa shape index (κ2) is 5.84. The van der Waals surface area contributed by atoms with Gasteiger partial charge in [-0.05, 0) is 25.1 Å². The van der Waals surface area contributed by atoms with Crippen LogP contribution in [0.3, 0.4) is 0 Å². The minimum atomic E-state index is 0.260. The molecular weight excluding hydrogens is 252 g/mol. The van der Waals surface area contributed by atoms with E-state index >= 15 is 0 Å². The maximum absolute atomic E-state index is 5.98. The topological polar surface area (TPSA) is 68.2 Å². The SMILES string of the molecule is CCN(Cc1noc(CN)n1)c1cccc(Cl)c1. The summed E-state index contributed by atoms with van der Waals surface area (Å²) < 4.78 is 4.98. The van der Waals surface area contributed by atoms with E-state index < -0.39 is 0 Å². The molecule has 2 aromatic rings. The van der Waals surface area contributed by atoms with Gasteiger partial charge in [-0.2, -0.15) is 4.98 Å². The second-order valence-corrected chi connectivity index (χ2v) is 4.24. The molecule has 0 amide bonds. The van der Waals surface area contributed by atoms with Gasteiger partial charge in [0.05, 0.1) is 13.1 Å². The number of benzene rings is 1. The van der Waals surface area contributed by atoms with E-state index in [-0.39, 0.29) is 6.54 Å². The first kappa shape index (κ1) is 12.9. The van der Waals surface area contributed by atoms with Crippen LogP contribution < -0.4 is 10.6 Å². The summed E-state index contributed by atoms with van der Waals surface area (Å²) in [6, 6.07) is 7.68. The summed E-state index contributed by atoms with van der Waals surface area (Å²) >= 11 is 5.98. The van der Waals surface area contributed by atoms with Crippen molar-refractivity contribution < 1.29 is 4.52 Å². The Morgan fingerprint density at radius 2 is 2.28 bits per heavy atom. The van der Waals surface area contributed by atoms with Crippen molar-refractivity contribution in [2.24, 2.45) is 5.73 Å². The van der Waals surface area contributed by atoms with E-state index in [1.54, 1.807) is 0 Å². The highest BCUT2D eigenvalue weighted by atomic mass is 35.5. The van der Waals surface area contributed by atoms with Crippen LogP contribution in [0.15, 0.2) is 28.8 Å². The number of anilines is 1. The minimum absolute atomic E-state index is 0.260. The van der Waals surface area contributed by atoms with Crippen LogP contribution in [0.4, 0.5) is 5.69 Å². The molecule has 2 rings (SSSR count). The van der Waals surface area contributed by atoms with Gasteiger partial charge in [0.15, 0.2) is 5.82 Å². The Balaban J connectivity index is 2.14. The summed E-state index contributed by atoms with van der Waals surface area (Å²) in [6.45, 7) is 3.72. The Bertz CT molecular complexity index is 514. The standard InChI is InChI=1S/C12H15ClN4O/c1-2-17(10-5-3-4-9(13)6-10)8-11-15-12(7-14)18-16-11/h3-6H,2,7-8,14H2,1H3. The lowest BCUT2D eigenvalue weighted by Crippen LogP contribution is -2.22. The van der Waals surface area contributed by atoms with Gasteiger partial charge < -0.3 is 15.2 Å². The molecule has 18 heavy (non-hydrogen) atoms. The molecule has 1 aromatic carbocycles. The smallest absolute Gasteiger partial charge is 0.240 e. The first-order chi connectivity index (χ1) is 8.72. The van der Waals surface area contributed by atoms with Crippen molar-refractivity contribution in [1.82, 2.24) is 10.1 Å². The van der Waals surface area contributed by atoms with Crippen molar-refractivity contribution >= 4 is 17.3 Å². The maximum atomic E-state index is 5.98. The molecule has 0 aliphatic rings. The molecule has 2 N–H and O–H groups in total. The van der Waals surface area contributed by atoms with E-state index in [4.69, 9.17) is 21.9 Å². The number of nitrogens with zero attached hydrogens (tertiary/aromatic N) is 3. The molecule has 96 valence electrons. The summed E-state index contributed by atoms with van der Waals surface area (Å²) in [7, 11) is 0. The summed E-state index contributed by atoms with van der Waals surface area (Å²) in [5, 5.41) is 4.59. The van der Waals surface area contributed by atoms with E-state index in [2.05, 4.69) is 22.0 Å². The predicted octanol–water partition coefficient (Wildman–Crippen LogP) is 2.21. The van der Waals surface area contributed by atoms with Crippen LogP contribution in [0.5, 0.6) is 0 Å². The third-order valence-electron chi connectivity index (χ3n) is 2.57. The van der Waals surface area contributed by atoms with Crippen molar-refractivity contribution in [1.29, 1.82) is 0 Å². The minimum Gasteiger partial charge on any atom is -0.364 e. The van der Waals surface area contributed by atoms with Crippen LogP contribution in [0, 0.1) is 0 Å². The molecule has 0 aliphatic carbocycles. The highest BCUT2D eigenvalue weighted by Crippen LogP contribution is 2.20. The molecule has 1 heterocycles.